The van der Waals surface area contributed by atoms with Crippen molar-refractivity contribution in [2.75, 3.05) is 0 Å². The number of hydrogen-bond acceptors (Lipinski definition) is 3. The van der Waals surface area contributed by atoms with E-state index < -0.39 is 4.92 Å². The van der Waals surface area contributed by atoms with Gasteiger partial charge >= 0.3 is 0 Å². The molecule has 1 aromatic carbocycles. The summed E-state index contributed by atoms with van der Waals surface area (Å²) in [7, 11) is 0. The van der Waals surface area contributed by atoms with Gasteiger partial charge in [-0.1, -0.05) is 58.0 Å². The number of nitrogens with zero attached hydrogens (tertiary/aromatic N) is 2. The molecular weight excluding hydrogens is 369 g/mol. The van der Waals surface area contributed by atoms with Crippen molar-refractivity contribution in [1.29, 1.82) is 0 Å². The molecule has 0 saturated carbocycles. The molecule has 20 heavy (non-hydrogen) atoms. The molecule has 0 radical (unpaired) electrons. The number of benzene rings is 1. The summed E-state index contributed by atoms with van der Waals surface area (Å²) in [6.07, 6.45) is 1.08. The smallest absolute Gasteiger partial charge is 0.258 e. The molecule has 0 fully saturated rings. The Bertz CT molecular complexity index is 674. The van der Waals surface area contributed by atoms with Crippen LogP contribution in [0, 0.1) is 10.1 Å². The van der Waals surface area contributed by atoms with Gasteiger partial charge in [-0.25, -0.2) is 4.98 Å². The molecule has 4 nitrogen and oxygen atoms in total. The quantitative estimate of drug-likeness (QED) is 0.284. The summed E-state index contributed by atoms with van der Waals surface area (Å²) < 4.78 is 0. The fraction of sp³-hybridized carbons (Fsp3) is 0. The Hall–Kier alpha value is -0.780. The first-order valence-electron chi connectivity index (χ1n) is 4.96. The maximum atomic E-state index is 10.6. The normalized spacial score (nSPS) is 10.7. The molecule has 0 bridgehead atoms. The van der Waals surface area contributed by atoms with E-state index in [9.17, 15) is 10.1 Å². The van der Waals surface area contributed by atoms with Crippen LogP contribution in [0.4, 0.5) is 5.69 Å². The molecule has 0 atom stereocenters. The molecule has 0 aliphatic carbocycles. The third-order valence-corrected chi connectivity index (χ3v) is 4.70. The second kappa shape index (κ2) is 5.92. The lowest BCUT2D eigenvalue weighted by atomic mass is 10.1. The van der Waals surface area contributed by atoms with Gasteiger partial charge in [0.05, 0.1) is 35.7 Å². The maximum absolute atomic E-state index is 10.6. The van der Waals surface area contributed by atoms with E-state index in [4.69, 9.17) is 58.0 Å². The highest BCUT2D eigenvalue weighted by atomic mass is 35.5. The summed E-state index contributed by atoms with van der Waals surface area (Å²) >= 11 is 29.9. The summed E-state index contributed by atoms with van der Waals surface area (Å²) in [6, 6.07) is 2.66. The molecule has 0 unspecified atom stereocenters. The standard InChI is InChI=1S/C11H3Cl5N2O2/c12-7-6(8(13)10(15)11(16)9(7)14)5-2-1-4(3-17-5)18(19)20/h1-3H. The highest BCUT2D eigenvalue weighted by Gasteiger charge is 2.21. The van der Waals surface area contributed by atoms with Crippen LogP contribution in [0.15, 0.2) is 18.3 Å². The van der Waals surface area contributed by atoms with Crippen LogP contribution < -0.4 is 0 Å². The first-order chi connectivity index (χ1) is 9.34. The van der Waals surface area contributed by atoms with E-state index in [1.165, 1.54) is 12.1 Å². The van der Waals surface area contributed by atoms with Gasteiger partial charge in [0, 0.05) is 11.6 Å². The minimum Gasteiger partial charge on any atom is -0.258 e. The molecule has 2 rings (SSSR count). The van der Waals surface area contributed by atoms with Gasteiger partial charge in [0.1, 0.15) is 6.20 Å². The lowest BCUT2D eigenvalue weighted by molar-refractivity contribution is -0.385. The monoisotopic (exact) mass is 370 g/mol. The number of rotatable bonds is 2. The van der Waals surface area contributed by atoms with Crippen LogP contribution in [-0.4, -0.2) is 9.91 Å². The van der Waals surface area contributed by atoms with Gasteiger partial charge in [0.25, 0.3) is 5.69 Å². The van der Waals surface area contributed by atoms with Crippen molar-refractivity contribution in [2.45, 2.75) is 0 Å². The van der Waals surface area contributed by atoms with E-state index in [2.05, 4.69) is 4.98 Å². The Kier molecular flexibility index (Phi) is 4.62. The van der Waals surface area contributed by atoms with Gasteiger partial charge in [-0.2, -0.15) is 0 Å². The number of pyridine rings is 1. The highest BCUT2D eigenvalue weighted by Crippen LogP contribution is 2.47. The Labute approximate surface area is 138 Å². The molecule has 1 aromatic heterocycles. The van der Waals surface area contributed by atoms with Gasteiger partial charge < -0.3 is 0 Å². The zero-order valence-corrected chi connectivity index (χ0v) is 13.1. The van der Waals surface area contributed by atoms with E-state index in [0.717, 1.165) is 6.20 Å². The van der Waals surface area contributed by atoms with E-state index in [0.29, 0.717) is 5.69 Å². The van der Waals surface area contributed by atoms with Crippen molar-refractivity contribution in [3.05, 3.63) is 53.6 Å². The largest absolute Gasteiger partial charge is 0.287 e. The van der Waals surface area contributed by atoms with E-state index in [1.54, 1.807) is 0 Å². The molecule has 0 saturated heterocycles. The van der Waals surface area contributed by atoms with Crippen molar-refractivity contribution < 1.29 is 4.92 Å². The molecule has 0 aliphatic heterocycles. The third kappa shape index (κ3) is 2.67. The van der Waals surface area contributed by atoms with Crippen molar-refractivity contribution >= 4 is 63.7 Å². The van der Waals surface area contributed by atoms with Gasteiger partial charge in [0.2, 0.25) is 0 Å². The molecule has 0 spiro atoms. The van der Waals surface area contributed by atoms with Crippen molar-refractivity contribution in [2.24, 2.45) is 0 Å². The average molecular weight is 372 g/mol. The van der Waals surface area contributed by atoms with Crippen LogP contribution >= 0.6 is 58.0 Å². The van der Waals surface area contributed by atoms with Gasteiger partial charge in [-0.05, 0) is 6.07 Å². The van der Waals surface area contributed by atoms with Crippen LogP contribution in [-0.2, 0) is 0 Å². The zero-order chi connectivity index (χ0) is 15.0. The maximum Gasteiger partial charge on any atom is 0.287 e. The highest BCUT2D eigenvalue weighted by molar-refractivity contribution is 6.56. The van der Waals surface area contributed by atoms with Gasteiger partial charge in [0.15, 0.2) is 0 Å². The van der Waals surface area contributed by atoms with E-state index >= 15 is 0 Å². The van der Waals surface area contributed by atoms with Crippen LogP contribution in [0.2, 0.25) is 25.1 Å². The molecule has 104 valence electrons. The summed E-state index contributed by atoms with van der Waals surface area (Å²) in [5, 5.41) is 10.9. The summed E-state index contributed by atoms with van der Waals surface area (Å²) in [5.74, 6) is 0. The lowest BCUT2D eigenvalue weighted by Crippen LogP contribution is -1.92. The minimum absolute atomic E-state index is 0.0361. The molecule has 2 aromatic rings. The van der Waals surface area contributed by atoms with Crippen LogP contribution in [0.5, 0.6) is 0 Å². The van der Waals surface area contributed by atoms with Crippen LogP contribution in [0.1, 0.15) is 0 Å². The Morgan fingerprint density at radius 1 is 0.900 bits per heavy atom. The van der Waals surface area contributed by atoms with Crippen LogP contribution in [0.25, 0.3) is 11.3 Å². The minimum atomic E-state index is -0.568. The molecule has 1 heterocycles. The predicted octanol–water partition coefficient (Wildman–Crippen LogP) is 5.92. The zero-order valence-electron chi connectivity index (χ0n) is 9.33. The Morgan fingerprint density at radius 3 is 1.80 bits per heavy atom. The van der Waals surface area contributed by atoms with Crippen molar-refractivity contribution in [3.8, 4) is 11.3 Å². The van der Waals surface area contributed by atoms with Crippen LogP contribution in [0.3, 0.4) is 0 Å². The summed E-state index contributed by atoms with van der Waals surface area (Å²) in [5.41, 5.74) is 0.404. The molecule has 0 aliphatic rings. The van der Waals surface area contributed by atoms with E-state index in [-0.39, 0.29) is 36.4 Å². The summed E-state index contributed by atoms with van der Waals surface area (Å²) in [4.78, 5) is 14.0. The van der Waals surface area contributed by atoms with Crippen molar-refractivity contribution in [3.63, 3.8) is 0 Å². The second-order valence-corrected chi connectivity index (χ2v) is 5.49. The molecular formula is C11H3Cl5N2O2. The number of halogens is 5. The average Bonchev–Trinajstić information content (AvgIpc) is 2.44. The van der Waals surface area contributed by atoms with Gasteiger partial charge in [-0.3, -0.25) is 10.1 Å². The number of hydrogen-bond donors (Lipinski definition) is 0. The third-order valence-electron chi connectivity index (χ3n) is 2.42. The number of aromatic nitrogens is 1. The second-order valence-electron chi connectivity index (χ2n) is 3.60. The summed E-state index contributed by atoms with van der Waals surface area (Å²) in [6.45, 7) is 0. The first kappa shape index (κ1) is 15.6. The fourth-order valence-corrected chi connectivity index (χ4v) is 2.80. The van der Waals surface area contributed by atoms with E-state index in [1.807, 2.05) is 0 Å². The van der Waals surface area contributed by atoms with Gasteiger partial charge in [-0.15, -0.1) is 0 Å². The van der Waals surface area contributed by atoms with Crippen molar-refractivity contribution in [1.82, 2.24) is 4.98 Å². The number of nitro groups is 1. The fourth-order valence-electron chi connectivity index (χ4n) is 1.47. The Morgan fingerprint density at radius 2 is 1.40 bits per heavy atom. The lowest BCUT2D eigenvalue weighted by Gasteiger charge is -2.11. The molecule has 0 N–H and O–H groups in total. The molecule has 0 amide bonds. The predicted molar refractivity (Wildman–Crippen MR) is 81.4 cm³/mol. The Balaban J connectivity index is 2.67. The SMILES string of the molecule is O=[N+]([O-])c1ccc(-c2c(Cl)c(Cl)c(Cl)c(Cl)c2Cl)nc1. The molecule has 9 heteroatoms. The topological polar surface area (TPSA) is 56.0 Å². The first-order valence-corrected chi connectivity index (χ1v) is 6.85.